The van der Waals surface area contributed by atoms with Crippen molar-refractivity contribution in [3.05, 3.63) is 23.7 Å². The van der Waals surface area contributed by atoms with Crippen molar-refractivity contribution >= 4 is 11.9 Å². The normalized spacial score (nSPS) is 16.5. The Bertz CT molecular complexity index is 445. The fourth-order valence-electron chi connectivity index (χ4n) is 1.83. The van der Waals surface area contributed by atoms with Gasteiger partial charge in [0.05, 0.1) is 6.54 Å². The van der Waals surface area contributed by atoms with E-state index in [-0.39, 0.29) is 23.6 Å². The summed E-state index contributed by atoms with van der Waals surface area (Å²) in [6.45, 7) is 2.25. The molecule has 5 nitrogen and oxygen atoms in total. The number of carboxylic acids is 1. The molecule has 2 rings (SSSR count). The Labute approximate surface area is 98.8 Å². The van der Waals surface area contributed by atoms with E-state index in [0.717, 1.165) is 19.3 Å². The van der Waals surface area contributed by atoms with E-state index in [9.17, 15) is 9.59 Å². The number of amides is 1. The van der Waals surface area contributed by atoms with Gasteiger partial charge in [-0.15, -0.1) is 0 Å². The molecule has 1 heterocycles. The summed E-state index contributed by atoms with van der Waals surface area (Å²) in [5.74, 6) is -0.711. The highest BCUT2D eigenvalue weighted by molar-refractivity contribution is 5.85. The number of rotatable bonds is 5. The molecule has 1 fully saturated rings. The SMILES string of the molecule is CCC1(C(=O)NCc2ccc(C(=O)O)o2)CC1. The highest BCUT2D eigenvalue weighted by Crippen LogP contribution is 2.48. The zero-order valence-corrected chi connectivity index (χ0v) is 9.66. The number of carbonyl (C=O) groups is 2. The van der Waals surface area contributed by atoms with Gasteiger partial charge in [-0.05, 0) is 31.4 Å². The minimum Gasteiger partial charge on any atom is -0.475 e. The second kappa shape index (κ2) is 4.24. The third kappa shape index (κ3) is 2.33. The topological polar surface area (TPSA) is 79.5 Å². The Balaban J connectivity index is 1.89. The molecule has 17 heavy (non-hydrogen) atoms. The van der Waals surface area contributed by atoms with Gasteiger partial charge in [0.25, 0.3) is 0 Å². The zero-order chi connectivity index (χ0) is 12.5. The number of carboxylic acid groups (broad SMARTS) is 1. The molecule has 0 aromatic carbocycles. The molecule has 0 aliphatic heterocycles. The molecule has 92 valence electrons. The number of furan rings is 1. The number of hydrogen-bond acceptors (Lipinski definition) is 3. The lowest BCUT2D eigenvalue weighted by Crippen LogP contribution is -2.31. The van der Waals surface area contributed by atoms with Crippen LogP contribution in [-0.2, 0) is 11.3 Å². The maximum absolute atomic E-state index is 11.8. The van der Waals surface area contributed by atoms with Crippen LogP contribution in [-0.4, -0.2) is 17.0 Å². The molecule has 0 atom stereocenters. The average Bonchev–Trinajstić information content (AvgIpc) is 2.97. The summed E-state index contributed by atoms with van der Waals surface area (Å²) in [5, 5.41) is 11.5. The average molecular weight is 237 g/mol. The van der Waals surface area contributed by atoms with Gasteiger partial charge in [0.1, 0.15) is 5.76 Å². The lowest BCUT2D eigenvalue weighted by Gasteiger charge is -2.11. The van der Waals surface area contributed by atoms with Crippen molar-refractivity contribution in [1.29, 1.82) is 0 Å². The number of nitrogens with one attached hydrogen (secondary N) is 1. The fourth-order valence-corrected chi connectivity index (χ4v) is 1.83. The van der Waals surface area contributed by atoms with Crippen molar-refractivity contribution < 1.29 is 19.1 Å². The van der Waals surface area contributed by atoms with Crippen molar-refractivity contribution in [3.8, 4) is 0 Å². The summed E-state index contributed by atoms with van der Waals surface area (Å²) >= 11 is 0. The molecule has 1 saturated carbocycles. The Morgan fingerprint density at radius 2 is 2.18 bits per heavy atom. The molecular formula is C12H15NO4. The van der Waals surface area contributed by atoms with Gasteiger partial charge in [-0.25, -0.2) is 4.79 Å². The third-order valence-electron chi connectivity index (χ3n) is 3.31. The molecule has 0 spiro atoms. The molecule has 1 aliphatic rings. The summed E-state index contributed by atoms with van der Waals surface area (Å²) in [7, 11) is 0. The summed E-state index contributed by atoms with van der Waals surface area (Å²) in [6, 6.07) is 2.95. The van der Waals surface area contributed by atoms with E-state index in [1.165, 1.54) is 6.07 Å². The minimum atomic E-state index is -1.10. The molecule has 0 saturated heterocycles. The zero-order valence-electron chi connectivity index (χ0n) is 9.66. The van der Waals surface area contributed by atoms with Crippen LogP contribution in [0.4, 0.5) is 0 Å². The Morgan fingerprint density at radius 1 is 1.47 bits per heavy atom. The van der Waals surface area contributed by atoms with Crippen molar-refractivity contribution in [2.45, 2.75) is 32.7 Å². The largest absolute Gasteiger partial charge is 0.475 e. The van der Waals surface area contributed by atoms with Crippen LogP contribution in [0.5, 0.6) is 0 Å². The summed E-state index contributed by atoms with van der Waals surface area (Å²) in [4.78, 5) is 22.4. The molecule has 1 aromatic rings. The molecule has 5 heteroatoms. The molecule has 0 unspecified atom stereocenters. The Kier molecular flexibility index (Phi) is 2.92. The van der Waals surface area contributed by atoms with Gasteiger partial charge in [-0.3, -0.25) is 4.79 Å². The van der Waals surface area contributed by atoms with Gasteiger partial charge in [0.2, 0.25) is 11.7 Å². The van der Waals surface area contributed by atoms with Crippen molar-refractivity contribution in [3.63, 3.8) is 0 Å². The molecule has 0 radical (unpaired) electrons. The summed E-state index contributed by atoms with van der Waals surface area (Å²) in [5.41, 5.74) is -0.178. The van der Waals surface area contributed by atoms with Crippen molar-refractivity contribution in [1.82, 2.24) is 5.32 Å². The van der Waals surface area contributed by atoms with E-state index in [1.807, 2.05) is 6.92 Å². The predicted molar refractivity (Wildman–Crippen MR) is 59.5 cm³/mol. The van der Waals surface area contributed by atoms with Crippen molar-refractivity contribution in [2.24, 2.45) is 5.41 Å². The van der Waals surface area contributed by atoms with Crippen molar-refractivity contribution in [2.75, 3.05) is 0 Å². The first-order chi connectivity index (χ1) is 8.07. The van der Waals surface area contributed by atoms with E-state index in [4.69, 9.17) is 9.52 Å². The number of aromatic carboxylic acids is 1. The summed E-state index contributed by atoms with van der Waals surface area (Å²) in [6.07, 6.45) is 2.72. The van der Waals surface area contributed by atoms with Gasteiger partial charge in [0.15, 0.2) is 0 Å². The second-order valence-corrected chi connectivity index (χ2v) is 4.39. The lowest BCUT2D eigenvalue weighted by molar-refractivity contribution is -0.126. The van der Waals surface area contributed by atoms with Crippen LogP contribution in [0.15, 0.2) is 16.5 Å². The van der Waals surface area contributed by atoms with Crippen LogP contribution in [0.1, 0.15) is 42.5 Å². The predicted octanol–water partition coefficient (Wildman–Crippen LogP) is 1.78. The lowest BCUT2D eigenvalue weighted by atomic mass is 10.0. The van der Waals surface area contributed by atoms with Crippen LogP contribution < -0.4 is 5.32 Å². The maximum atomic E-state index is 11.8. The number of hydrogen-bond donors (Lipinski definition) is 2. The molecule has 1 amide bonds. The monoisotopic (exact) mass is 237 g/mol. The first kappa shape index (κ1) is 11.7. The first-order valence-electron chi connectivity index (χ1n) is 5.68. The van der Waals surface area contributed by atoms with E-state index < -0.39 is 5.97 Å². The smallest absolute Gasteiger partial charge is 0.371 e. The fraction of sp³-hybridized carbons (Fsp3) is 0.500. The quantitative estimate of drug-likeness (QED) is 0.818. The van der Waals surface area contributed by atoms with Gasteiger partial charge >= 0.3 is 5.97 Å². The maximum Gasteiger partial charge on any atom is 0.371 e. The van der Waals surface area contributed by atoms with E-state index in [0.29, 0.717) is 5.76 Å². The van der Waals surface area contributed by atoms with Gasteiger partial charge in [-0.1, -0.05) is 6.92 Å². The minimum absolute atomic E-state index is 0.0354. The summed E-state index contributed by atoms with van der Waals surface area (Å²) < 4.78 is 5.05. The Morgan fingerprint density at radius 3 is 2.65 bits per heavy atom. The Hall–Kier alpha value is -1.78. The van der Waals surface area contributed by atoms with Crippen LogP contribution in [0.2, 0.25) is 0 Å². The van der Waals surface area contributed by atoms with Gasteiger partial charge < -0.3 is 14.8 Å². The molecule has 2 N–H and O–H groups in total. The number of carbonyl (C=O) groups excluding carboxylic acids is 1. The molecule has 0 bridgehead atoms. The van der Waals surface area contributed by atoms with Gasteiger partial charge in [0, 0.05) is 5.41 Å². The molecule has 1 aliphatic carbocycles. The second-order valence-electron chi connectivity index (χ2n) is 4.39. The van der Waals surface area contributed by atoms with E-state index in [1.54, 1.807) is 6.07 Å². The third-order valence-corrected chi connectivity index (χ3v) is 3.31. The standard InChI is InChI=1S/C12H15NO4/c1-2-12(5-6-12)11(16)13-7-8-3-4-9(17-8)10(14)15/h3-4H,2,5-7H2,1H3,(H,13,16)(H,14,15). The van der Waals surface area contributed by atoms with Crippen LogP contribution in [0.3, 0.4) is 0 Å². The highest BCUT2D eigenvalue weighted by atomic mass is 16.4. The highest BCUT2D eigenvalue weighted by Gasteiger charge is 2.47. The van der Waals surface area contributed by atoms with Crippen LogP contribution in [0, 0.1) is 5.41 Å². The molecular weight excluding hydrogens is 222 g/mol. The first-order valence-corrected chi connectivity index (χ1v) is 5.68. The van der Waals surface area contributed by atoms with Crippen LogP contribution in [0.25, 0.3) is 0 Å². The van der Waals surface area contributed by atoms with E-state index in [2.05, 4.69) is 5.32 Å². The van der Waals surface area contributed by atoms with Gasteiger partial charge in [-0.2, -0.15) is 0 Å². The van der Waals surface area contributed by atoms with Crippen LogP contribution >= 0.6 is 0 Å². The van der Waals surface area contributed by atoms with E-state index >= 15 is 0 Å². The molecule has 1 aromatic heterocycles.